The molecular formula is C14H18N4OS. The van der Waals surface area contributed by atoms with E-state index in [9.17, 15) is 4.79 Å². The second-order valence-corrected chi connectivity index (χ2v) is 6.10. The van der Waals surface area contributed by atoms with E-state index >= 15 is 0 Å². The number of hydrogen-bond donors (Lipinski definition) is 1. The standard InChI is InChI=1S/C14H18N4OS/c1-17(2)14(19)13-11-3-5-18(8-12(11)15-16-13)7-10-4-6-20-9-10/h4,6,9H,3,5,7-8H2,1-2H3,(H,15,16). The Labute approximate surface area is 122 Å². The van der Waals surface area contributed by atoms with Gasteiger partial charge in [-0.2, -0.15) is 16.4 Å². The topological polar surface area (TPSA) is 52.2 Å². The number of aromatic amines is 1. The fourth-order valence-corrected chi connectivity index (χ4v) is 3.20. The van der Waals surface area contributed by atoms with Crippen LogP contribution in [0, 0.1) is 0 Å². The van der Waals surface area contributed by atoms with Gasteiger partial charge in [0.05, 0.1) is 5.69 Å². The summed E-state index contributed by atoms with van der Waals surface area (Å²) in [5.41, 5.74) is 4.10. The maximum Gasteiger partial charge on any atom is 0.274 e. The van der Waals surface area contributed by atoms with Gasteiger partial charge in [0.15, 0.2) is 5.69 Å². The Morgan fingerprint density at radius 1 is 1.55 bits per heavy atom. The lowest BCUT2D eigenvalue weighted by molar-refractivity contribution is 0.0820. The van der Waals surface area contributed by atoms with Crippen molar-refractivity contribution in [1.29, 1.82) is 0 Å². The summed E-state index contributed by atoms with van der Waals surface area (Å²) in [7, 11) is 3.52. The molecule has 2 aromatic heterocycles. The van der Waals surface area contributed by atoms with Gasteiger partial charge in [-0.3, -0.25) is 14.8 Å². The second kappa shape index (κ2) is 5.38. The molecule has 6 heteroatoms. The SMILES string of the molecule is CN(C)C(=O)c1n[nH]c2c1CCN(Cc1ccsc1)C2. The smallest absolute Gasteiger partial charge is 0.274 e. The van der Waals surface area contributed by atoms with Crippen LogP contribution in [-0.2, 0) is 19.5 Å². The predicted octanol–water partition coefficient (Wildman–Crippen LogP) is 1.73. The summed E-state index contributed by atoms with van der Waals surface area (Å²) in [5.74, 6) is -0.0196. The number of carbonyl (C=O) groups excluding carboxylic acids is 1. The molecule has 0 saturated carbocycles. The molecule has 0 radical (unpaired) electrons. The van der Waals surface area contributed by atoms with E-state index in [0.29, 0.717) is 5.69 Å². The molecule has 20 heavy (non-hydrogen) atoms. The predicted molar refractivity (Wildman–Crippen MR) is 78.7 cm³/mol. The Morgan fingerprint density at radius 3 is 3.10 bits per heavy atom. The zero-order chi connectivity index (χ0) is 14.1. The molecule has 3 rings (SSSR count). The van der Waals surface area contributed by atoms with E-state index in [1.54, 1.807) is 30.3 Å². The van der Waals surface area contributed by atoms with Crippen LogP contribution in [0.2, 0.25) is 0 Å². The highest BCUT2D eigenvalue weighted by Gasteiger charge is 2.25. The van der Waals surface area contributed by atoms with Crippen LogP contribution in [0.25, 0.3) is 0 Å². The van der Waals surface area contributed by atoms with Crippen molar-refractivity contribution in [3.05, 3.63) is 39.3 Å². The summed E-state index contributed by atoms with van der Waals surface area (Å²) >= 11 is 1.73. The van der Waals surface area contributed by atoms with Gasteiger partial charge < -0.3 is 4.90 Å². The van der Waals surface area contributed by atoms with Crippen LogP contribution in [0.15, 0.2) is 16.8 Å². The molecule has 0 unspecified atom stereocenters. The lowest BCUT2D eigenvalue weighted by Crippen LogP contribution is -2.31. The third-order valence-electron chi connectivity index (χ3n) is 3.61. The van der Waals surface area contributed by atoms with Crippen molar-refractivity contribution in [1.82, 2.24) is 20.0 Å². The first-order chi connectivity index (χ1) is 9.65. The van der Waals surface area contributed by atoms with E-state index in [-0.39, 0.29) is 5.91 Å². The van der Waals surface area contributed by atoms with Crippen molar-refractivity contribution < 1.29 is 4.79 Å². The monoisotopic (exact) mass is 290 g/mol. The number of nitrogens with zero attached hydrogens (tertiary/aromatic N) is 3. The molecule has 0 aliphatic carbocycles. The van der Waals surface area contributed by atoms with Gasteiger partial charge in [0.2, 0.25) is 0 Å². The van der Waals surface area contributed by atoms with Crippen LogP contribution >= 0.6 is 11.3 Å². The number of carbonyl (C=O) groups is 1. The minimum Gasteiger partial charge on any atom is -0.343 e. The number of fused-ring (bicyclic) bond motifs is 1. The average molecular weight is 290 g/mol. The van der Waals surface area contributed by atoms with Gasteiger partial charge >= 0.3 is 0 Å². The normalized spacial score (nSPS) is 15.1. The van der Waals surface area contributed by atoms with Crippen molar-refractivity contribution >= 4 is 17.2 Å². The summed E-state index contributed by atoms with van der Waals surface area (Å²) in [4.78, 5) is 16.0. The highest BCUT2D eigenvalue weighted by atomic mass is 32.1. The van der Waals surface area contributed by atoms with Crippen LogP contribution in [0.5, 0.6) is 0 Å². The molecule has 0 bridgehead atoms. The maximum atomic E-state index is 12.0. The van der Waals surface area contributed by atoms with Gasteiger partial charge in [0, 0.05) is 39.3 Å². The number of rotatable bonds is 3. The fraction of sp³-hybridized carbons (Fsp3) is 0.429. The summed E-state index contributed by atoms with van der Waals surface area (Å²) in [6.45, 7) is 2.76. The first-order valence-electron chi connectivity index (χ1n) is 6.66. The van der Waals surface area contributed by atoms with Gasteiger partial charge in [-0.15, -0.1) is 0 Å². The van der Waals surface area contributed by atoms with E-state index < -0.39 is 0 Å². The van der Waals surface area contributed by atoms with Gasteiger partial charge in [-0.25, -0.2) is 0 Å². The van der Waals surface area contributed by atoms with Gasteiger partial charge in [0.1, 0.15) is 0 Å². The highest BCUT2D eigenvalue weighted by Crippen LogP contribution is 2.22. The molecule has 3 heterocycles. The Bertz CT molecular complexity index is 603. The molecule has 1 N–H and O–H groups in total. The number of aromatic nitrogens is 2. The van der Waals surface area contributed by atoms with Crippen LogP contribution in [0.1, 0.15) is 27.3 Å². The molecule has 1 aliphatic heterocycles. The van der Waals surface area contributed by atoms with E-state index in [0.717, 1.165) is 37.3 Å². The third kappa shape index (κ3) is 2.48. The Balaban J connectivity index is 1.75. The Hall–Kier alpha value is -1.66. The molecule has 0 saturated heterocycles. The first-order valence-corrected chi connectivity index (χ1v) is 7.60. The minimum atomic E-state index is -0.0196. The number of nitrogens with one attached hydrogen (secondary N) is 1. The second-order valence-electron chi connectivity index (χ2n) is 5.32. The molecule has 5 nitrogen and oxygen atoms in total. The fourth-order valence-electron chi connectivity index (χ4n) is 2.54. The van der Waals surface area contributed by atoms with Gasteiger partial charge in [0.25, 0.3) is 5.91 Å². The number of thiophene rings is 1. The van der Waals surface area contributed by atoms with Crippen molar-refractivity contribution in [3.8, 4) is 0 Å². The lowest BCUT2D eigenvalue weighted by Gasteiger charge is -2.26. The van der Waals surface area contributed by atoms with E-state index in [1.807, 2.05) is 0 Å². The highest BCUT2D eigenvalue weighted by molar-refractivity contribution is 7.07. The molecule has 2 aromatic rings. The molecule has 1 aliphatic rings. The minimum absolute atomic E-state index is 0.0196. The van der Waals surface area contributed by atoms with Crippen molar-refractivity contribution in [2.24, 2.45) is 0 Å². The third-order valence-corrected chi connectivity index (χ3v) is 4.34. The molecule has 0 atom stereocenters. The van der Waals surface area contributed by atoms with Crippen LogP contribution in [0.3, 0.4) is 0 Å². The van der Waals surface area contributed by atoms with E-state index in [2.05, 4.69) is 31.9 Å². The number of hydrogen-bond acceptors (Lipinski definition) is 4. The van der Waals surface area contributed by atoms with Crippen molar-refractivity contribution in [2.45, 2.75) is 19.5 Å². The zero-order valence-corrected chi connectivity index (χ0v) is 12.5. The first kappa shape index (κ1) is 13.3. The van der Waals surface area contributed by atoms with E-state index in [4.69, 9.17) is 0 Å². The zero-order valence-electron chi connectivity index (χ0n) is 11.7. The Morgan fingerprint density at radius 2 is 2.40 bits per heavy atom. The molecule has 0 spiro atoms. The van der Waals surface area contributed by atoms with Gasteiger partial charge in [-0.1, -0.05) is 0 Å². The molecule has 1 amide bonds. The van der Waals surface area contributed by atoms with Crippen molar-refractivity contribution in [2.75, 3.05) is 20.6 Å². The maximum absolute atomic E-state index is 12.0. The quantitative estimate of drug-likeness (QED) is 0.936. The molecular weight excluding hydrogens is 272 g/mol. The van der Waals surface area contributed by atoms with Crippen molar-refractivity contribution in [3.63, 3.8) is 0 Å². The summed E-state index contributed by atoms with van der Waals surface area (Å²) in [6.07, 6.45) is 0.880. The summed E-state index contributed by atoms with van der Waals surface area (Å²) < 4.78 is 0. The van der Waals surface area contributed by atoms with Gasteiger partial charge in [-0.05, 0) is 28.8 Å². The molecule has 0 fully saturated rings. The summed E-state index contributed by atoms with van der Waals surface area (Å²) in [6, 6.07) is 2.16. The lowest BCUT2D eigenvalue weighted by atomic mass is 10.0. The number of amides is 1. The van der Waals surface area contributed by atoms with E-state index in [1.165, 1.54) is 5.56 Å². The Kier molecular flexibility index (Phi) is 3.58. The molecule has 0 aromatic carbocycles. The molecule has 106 valence electrons. The summed E-state index contributed by atoms with van der Waals surface area (Å²) in [5, 5.41) is 11.5. The van der Waals surface area contributed by atoms with Crippen LogP contribution in [-0.4, -0.2) is 46.5 Å². The largest absolute Gasteiger partial charge is 0.343 e. The average Bonchev–Trinajstić information content (AvgIpc) is 3.06. The van der Waals surface area contributed by atoms with Crippen LogP contribution in [0.4, 0.5) is 0 Å². The number of H-pyrrole nitrogens is 1. The van der Waals surface area contributed by atoms with Crippen LogP contribution < -0.4 is 0 Å².